The molecule has 27 heavy (non-hydrogen) atoms. The molecule has 0 fully saturated rings. The average molecular weight is 380 g/mol. The lowest BCUT2D eigenvalue weighted by Gasteiger charge is -2.33. The predicted octanol–water partition coefficient (Wildman–Crippen LogP) is 4.94. The van der Waals surface area contributed by atoms with Gasteiger partial charge in [-0.25, -0.2) is 13.6 Å². The van der Waals surface area contributed by atoms with E-state index in [2.05, 4.69) is 0 Å². The molecule has 1 N–H and O–H groups in total. The molecule has 0 unspecified atom stereocenters. The van der Waals surface area contributed by atoms with E-state index in [1.54, 1.807) is 20.8 Å². The first-order valence-corrected chi connectivity index (χ1v) is 7.89. The van der Waals surface area contributed by atoms with Gasteiger partial charge in [-0.05, 0) is 32.9 Å². The number of nitro benzene ring substituents is 1. The molecular weight excluding hydrogens is 362 g/mol. The molecule has 0 aromatic heterocycles. The number of hydrogen-bond donors (Lipinski definition) is 1. The lowest BCUT2D eigenvalue weighted by Crippen LogP contribution is -2.44. The smallest absolute Gasteiger partial charge is 0.408 e. The molecule has 0 aliphatic rings. The van der Waals surface area contributed by atoms with Crippen LogP contribution in [-0.2, 0) is 6.54 Å². The van der Waals surface area contributed by atoms with E-state index in [1.807, 2.05) is 0 Å². The van der Waals surface area contributed by atoms with Crippen LogP contribution in [0.25, 0.3) is 0 Å². The number of rotatable bonds is 5. The molecule has 2 aromatic rings. The van der Waals surface area contributed by atoms with E-state index in [1.165, 1.54) is 12.1 Å². The quantitative estimate of drug-likeness (QED) is 0.585. The molecule has 0 heterocycles. The second-order valence-corrected chi connectivity index (χ2v) is 6.79. The maximum atomic E-state index is 13.3. The summed E-state index contributed by atoms with van der Waals surface area (Å²) in [4.78, 5) is 23.2. The zero-order valence-corrected chi connectivity index (χ0v) is 14.9. The van der Waals surface area contributed by atoms with Gasteiger partial charge in [0.05, 0.1) is 17.0 Å². The third kappa shape index (κ3) is 5.13. The highest BCUT2D eigenvalue weighted by Crippen LogP contribution is 2.30. The first-order chi connectivity index (χ1) is 12.5. The van der Waals surface area contributed by atoms with Crippen LogP contribution in [0.5, 0.6) is 11.5 Å². The van der Waals surface area contributed by atoms with Crippen molar-refractivity contribution in [2.45, 2.75) is 32.9 Å². The van der Waals surface area contributed by atoms with E-state index >= 15 is 0 Å². The second kappa shape index (κ2) is 7.56. The van der Waals surface area contributed by atoms with Crippen molar-refractivity contribution in [2.75, 3.05) is 0 Å². The normalized spacial score (nSPS) is 11.1. The van der Waals surface area contributed by atoms with Gasteiger partial charge in [0.25, 0.3) is 5.69 Å². The van der Waals surface area contributed by atoms with Crippen LogP contribution in [-0.4, -0.2) is 26.6 Å². The number of halogens is 2. The Morgan fingerprint density at radius 1 is 1.15 bits per heavy atom. The summed E-state index contributed by atoms with van der Waals surface area (Å²) in [6.07, 6.45) is -1.24. The third-order valence-electron chi connectivity index (χ3n) is 3.69. The summed E-state index contributed by atoms with van der Waals surface area (Å²) >= 11 is 0. The van der Waals surface area contributed by atoms with Gasteiger partial charge in [0.2, 0.25) is 0 Å². The van der Waals surface area contributed by atoms with Crippen LogP contribution in [0.1, 0.15) is 26.3 Å². The number of ether oxygens (including phenoxy) is 1. The van der Waals surface area contributed by atoms with Crippen molar-refractivity contribution in [3.63, 3.8) is 0 Å². The van der Waals surface area contributed by atoms with Crippen LogP contribution in [0.2, 0.25) is 0 Å². The minimum atomic E-state index is -1.24. The highest BCUT2D eigenvalue weighted by Gasteiger charge is 2.29. The van der Waals surface area contributed by atoms with Gasteiger partial charge in [0.1, 0.15) is 23.1 Å². The SMILES string of the molecule is CC(C)(C)N(Cc1cc(Oc2cc(F)cc(F)c2)ccc1[N+](=O)[O-])C(=O)O. The molecule has 2 rings (SSSR count). The average Bonchev–Trinajstić information content (AvgIpc) is 2.50. The summed E-state index contributed by atoms with van der Waals surface area (Å²) in [5.41, 5.74) is -1.00. The molecule has 7 nitrogen and oxygen atoms in total. The predicted molar refractivity (Wildman–Crippen MR) is 92.8 cm³/mol. The van der Waals surface area contributed by atoms with Gasteiger partial charge in [-0.1, -0.05) is 0 Å². The highest BCUT2D eigenvalue weighted by atomic mass is 19.1. The zero-order valence-electron chi connectivity index (χ0n) is 14.9. The Hall–Kier alpha value is -3.23. The van der Waals surface area contributed by atoms with Gasteiger partial charge < -0.3 is 9.84 Å². The largest absolute Gasteiger partial charge is 0.465 e. The van der Waals surface area contributed by atoms with Gasteiger partial charge in [-0.2, -0.15) is 0 Å². The molecule has 1 amide bonds. The van der Waals surface area contributed by atoms with Crippen molar-refractivity contribution in [3.8, 4) is 11.5 Å². The molecule has 2 aromatic carbocycles. The van der Waals surface area contributed by atoms with E-state index in [0.29, 0.717) is 6.07 Å². The summed E-state index contributed by atoms with van der Waals surface area (Å²) in [7, 11) is 0. The van der Waals surface area contributed by atoms with Crippen LogP contribution in [0.4, 0.5) is 19.3 Å². The molecule has 0 saturated carbocycles. The van der Waals surface area contributed by atoms with Crippen molar-refractivity contribution in [3.05, 3.63) is 63.7 Å². The van der Waals surface area contributed by atoms with Gasteiger partial charge in [0, 0.05) is 29.8 Å². The minimum Gasteiger partial charge on any atom is -0.465 e. The highest BCUT2D eigenvalue weighted by molar-refractivity contribution is 5.66. The van der Waals surface area contributed by atoms with Crippen molar-refractivity contribution in [2.24, 2.45) is 0 Å². The number of carbonyl (C=O) groups is 1. The molecule has 0 aliphatic carbocycles. The van der Waals surface area contributed by atoms with E-state index in [4.69, 9.17) is 4.74 Å². The van der Waals surface area contributed by atoms with E-state index < -0.39 is 28.2 Å². The molecule has 0 atom stereocenters. The van der Waals surface area contributed by atoms with Crippen LogP contribution in [0.15, 0.2) is 36.4 Å². The molecule has 144 valence electrons. The summed E-state index contributed by atoms with van der Waals surface area (Å²) in [6, 6.07) is 6.31. The van der Waals surface area contributed by atoms with Crippen molar-refractivity contribution in [1.82, 2.24) is 4.90 Å². The molecule has 0 saturated heterocycles. The minimum absolute atomic E-state index is 0.0832. The topological polar surface area (TPSA) is 92.9 Å². The van der Waals surface area contributed by atoms with Gasteiger partial charge in [-0.15, -0.1) is 0 Å². The number of hydrogen-bond acceptors (Lipinski definition) is 4. The summed E-state index contributed by atoms with van der Waals surface area (Å²) in [5, 5.41) is 20.7. The Labute approximate surface area is 153 Å². The molecule has 0 spiro atoms. The molecule has 9 heteroatoms. The Kier molecular flexibility index (Phi) is 5.63. The Bertz CT molecular complexity index is 860. The standard InChI is InChI=1S/C18H18F2N2O5/c1-18(2,3)21(17(23)24)10-11-6-14(4-5-16(11)22(25)26)27-15-8-12(19)7-13(20)9-15/h4-9H,10H2,1-3H3,(H,23,24). The lowest BCUT2D eigenvalue weighted by molar-refractivity contribution is -0.385. The summed E-state index contributed by atoms with van der Waals surface area (Å²) in [5.74, 6) is -1.72. The zero-order chi connectivity index (χ0) is 20.4. The first kappa shape index (κ1) is 20.1. The Morgan fingerprint density at radius 2 is 1.74 bits per heavy atom. The number of carboxylic acid groups (broad SMARTS) is 1. The van der Waals surface area contributed by atoms with Gasteiger partial charge in [-0.3, -0.25) is 15.0 Å². The van der Waals surface area contributed by atoms with Crippen LogP contribution in [0.3, 0.4) is 0 Å². The van der Waals surface area contributed by atoms with Crippen LogP contribution < -0.4 is 4.74 Å². The summed E-state index contributed by atoms with van der Waals surface area (Å²) < 4.78 is 32.0. The fourth-order valence-electron chi connectivity index (χ4n) is 2.42. The monoisotopic (exact) mass is 380 g/mol. The van der Waals surface area contributed by atoms with Crippen molar-refractivity contribution < 1.29 is 28.3 Å². The number of nitro groups is 1. The second-order valence-electron chi connectivity index (χ2n) is 6.79. The maximum Gasteiger partial charge on any atom is 0.408 e. The number of benzene rings is 2. The molecule has 0 aliphatic heterocycles. The fourth-order valence-corrected chi connectivity index (χ4v) is 2.42. The van der Waals surface area contributed by atoms with E-state index in [-0.39, 0.29) is 29.3 Å². The van der Waals surface area contributed by atoms with Gasteiger partial charge >= 0.3 is 6.09 Å². The van der Waals surface area contributed by atoms with E-state index in [9.17, 15) is 28.8 Å². The van der Waals surface area contributed by atoms with Gasteiger partial charge in [0.15, 0.2) is 0 Å². The maximum absolute atomic E-state index is 13.3. The fraction of sp³-hybridized carbons (Fsp3) is 0.278. The summed E-state index contributed by atoms with van der Waals surface area (Å²) in [6.45, 7) is 4.71. The lowest BCUT2D eigenvalue weighted by atomic mass is 10.0. The Morgan fingerprint density at radius 3 is 2.22 bits per heavy atom. The third-order valence-corrected chi connectivity index (χ3v) is 3.69. The van der Waals surface area contributed by atoms with Crippen LogP contribution in [0, 0.1) is 21.7 Å². The van der Waals surface area contributed by atoms with Crippen molar-refractivity contribution >= 4 is 11.8 Å². The molecule has 0 bridgehead atoms. The Balaban J connectivity index is 2.41. The van der Waals surface area contributed by atoms with Crippen LogP contribution >= 0.6 is 0 Å². The number of nitrogens with zero attached hydrogens (tertiary/aromatic N) is 2. The molecule has 0 radical (unpaired) electrons. The van der Waals surface area contributed by atoms with E-state index in [0.717, 1.165) is 23.1 Å². The van der Waals surface area contributed by atoms with Crippen molar-refractivity contribution in [1.29, 1.82) is 0 Å². The molecular formula is C18H18F2N2O5. The first-order valence-electron chi connectivity index (χ1n) is 7.89. The number of amides is 1.